The number of fused-ring (bicyclic) bond motifs is 1. The molecule has 0 bridgehead atoms. The first-order valence-electron chi connectivity index (χ1n) is 7.75. The maximum Gasteiger partial charge on any atom is 0.0533 e. The lowest BCUT2D eigenvalue weighted by molar-refractivity contribution is 1.26. The maximum absolute atomic E-state index is 4.18. The second kappa shape index (κ2) is 7.46. The van der Waals surface area contributed by atoms with E-state index in [-0.39, 0.29) is 0 Å². The lowest BCUT2D eigenvalue weighted by atomic mass is 10.00. The Bertz CT molecular complexity index is 693. The largest absolute Gasteiger partial charge is 0.317 e. The van der Waals surface area contributed by atoms with Gasteiger partial charge in [0.1, 0.15) is 0 Å². The van der Waals surface area contributed by atoms with Gasteiger partial charge < -0.3 is 4.90 Å². The molecule has 2 aromatic carbocycles. The summed E-state index contributed by atoms with van der Waals surface area (Å²) in [5.41, 5.74) is 5.77. The van der Waals surface area contributed by atoms with Crippen LogP contribution in [0.4, 0.5) is 11.4 Å². The lowest BCUT2D eigenvalue weighted by Crippen LogP contribution is -2.11. The van der Waals surface area contributed by atoms with E-state index in [0.717, 1.165) is 16.9 Å². The highest BCUT2D eigenvalue weighted by molar-refractivity contribution is 5.85. The first-order chi connectivity index (χ1) is 10.8. The fourth-order valence-corrected chi connectivity index (χ4v) is 2.41. The van der Waals surface area contributed by atoms with Crippen LogP contribution in [0, 0.1) is 6.92 Å². The fourth-order valence-electron chi connectivity index (χ4n) is 2.41. The number of aryl methyl sites for hydroxylation is 1. The monoisotopic (exact) mass is 289 g/mol. The Labute approximate surface area is 133 Å². The molecule has 3 rings (SSSR count). The van der Waals surface area contributed by atoms with Gasteiger partial charge in [-0.25, -0.2) is 0 Å². The predicted octanol–water partition coefficient (Wildman–Crippen LogP) is 6.26. The number of anilines is 2. The summed E-state index contributed by atoms with van der Waals surface area (Å²) in [5.74, 6) is 0. The van der Waals surface area contributed by atoms with Crippen LogP contribution in [0.5, 0.6) is 0 Å². The van der Waals surface area contributed by atoms with E-state index in [0.29, 0.717) is 0 Å². The molecule has 0 fully saturated rings. The summed E-state index contributed by atoms with van der Waals surface area (Å²) < 4.78 is 0. The molecular formula is C21H23N. The smallest absolute Gasteiger partial charge is 0.0533 e. The zero-order chi connectivity index (χ0) is 15.9. The zero-order valence-corrected chi connectivity index (χ0v) is 13.6. The molecule has 0 spiro atoms. The average molecular weight is 289 g/mol. The molecule has 0 unspecified atom stereocenters. The van der Waals surface area contributed by atoms with Gasteiger partial charge in [0.25, 0.3) is 0 Å². The molecule has 0 radical (unpaired) electrons. The van der Waals surface area contributed by atoms with Crippen molar-refractivity contribution >= 4 is 16.9 Å². The second-order valence-corrected chi connectivity index (χ2v) is 4.95. The lowest BCUT2D eigenvalue weighted by Gasteiger charge is -2.25. The van der Waals surface area contributed by atoms with Gasteiger partial charge >= 0.3 is 0 Å². The highest BCUT2D eigenvalue weighted by atomic mass is 15.1. The van der Waals surface area contributed by atoms with Crippen LogP contribution < -0.4 is 4.90 Å². The summed E-state index contributed by atoms with van der Waals surface area (Å²) in [4.78, 5) is 2.20. The van der Waals surface area contributed by atoms with E-state index in [9.17, 15) is 0 Å². The van der Waals surface area contributed by atoms with Crippen molar-refractivity contribution in [3.63, 3.8) is 0 Å². The fraction of sp³-hybridized carbons (Fsp3) is 0.143. The quantitative estimate of drug-likeness (QED) is 0.599. The minimum Gasteiger partial charge on any atom is -0.317 e. The van der Waals surface area contributed by atoms with Crippen LogP contribution in [0.1, 0.15) is 25.0 Å². The van der Waals surface area contributed by atoms with Crippen molar-refractivity contribution in [2.45, 2.75) is 20.8 Å². The third kappa shape index (κ3) is 3.37. The van der Waals surface area contributed by atoms with Crippen LogP contribution in [-0.4, -0.2) is 0 Å². The summed E-state index contributed by atoms with van der Waals surface area (Å²) in [6.07, 6.45) is 8.22. The molecule has 1 heteroatoms. The Morgan fingerprint density at radius 2 is 1.64 bits per heavy atom. The predicted molar refractivity (Wildman–Crippen MR) is 98.4 cm³/mol. The number of hydrogen-bond donors (Lipinski definition) is 0. The number of rotatable bonds is 1. The molecule has 0 aliphatic carbocycles. The van der Waals surface area contributed by atoms with Crippen LogP contribution in [-0.2, 0) is 0 Å². The Hall–Kier alpha value is -2.54. The van der Waals surface area contributed by atoms with Gasteiger partial charge in [0.05, 0.1) is 5.69 Å². The molecule has 1 nitrogen and oxygen atoms in total. The van der Waals surface area contributed by atoms with Gasteiger partial charge in [-0.3, -0.25) is 0 Å². The highest BCUT2D eigenvalue weighted by Crippen LogP contribution is 2.34. The molecular weight excluding hydrogens is 266 g/mol. The van der Waals surface area contributed by atoms with Crippen molar-refractivity contribution in [1.82, 2.24) is 0 Å². The Balaban J connectivity index is 0.000000847. The Morgan fingerprint density at radius 3 is 2.36 bits per heavy atom. The molecule has 0 saturated carbocycles. The van der Waals surface area contributed by atoms with E-state index in [1.807, 2.05) is 32.1 Å². The topological polar surface area (TPSA) is 3.24 Å². The normalized spacial score (nSPS) is 15.8. The first-order valence-corrected chi connectivity index (χ1v) is 7.75. The minimum absolute atomic E-state index is 1.04. The van der Waals surface area contributed by atoms with Gasteiger partial charge in [-0.1, -0.05) is 62.4 Å². The standard InChI is InChI=1S/C19H17N.C2H6/c1-15-11-12-19-18(14-15)16(2)8-6-7-13-20(19)17-9-4-3-5-10-17;1-2/h3-14H,2H2,1H3;1-2H3/b8-6-,13-7-;. The molecule has 0 atom stereocenters. The molecule has 22 heavy (non-hydrogen) atoms. The Kier molecular flexibility index (Phi) is 5.37. The van der Waals surface area contributed by atoms with Crippen LogP contribution in [0.2, 0.25) is 0 Å². The van der Waals surface area contributed by atoms with Gasteiger partial charge in [0, 0.05) is 17.5 Å². The van der Waals surface area contributed by atoms with Crippen molar-refractivity contribution in [1.29, 1.82) is 0 Å². The molecule has 0 saturated heterocycles. The zero-order valence-electron chi connectivity index (χ0n) is 13.6. The third-order valence-corrected chi connectivity index (χ3v) is 3.44. The molecule has 1 aliphatic rings. The molecule has 1 heterocycles. The molecule has 2 aromatic rings. The number of hydrogen-bond acceptors (Lipinski definition) is 1. The molecule has 1 aliphatic heterocycles. The Morgan fingerprint density at radius 1 is 0.909 bits per heavy atom. The average Bonchev–Trinajstić information content (AvgIpc) is 2.56. The van der Waals surface area contributed by atoms with E-state index in [4.69, 9.17) is 0 Å². The number of benzene rings is 2. The van der Waals surface area contributed by atoms with E-state index in [1.54, 1.807) is 0 Å². The minimum atomic E-state index is 1.04. The number of para-hydroxylation sites is 1. The highest BCUT2D eigenvalue weighted by Gasteiger charge is 2.13. The summed E-state index contributed by atoms with van der Waals surface area (Å²) in [7, 11) is 0. The van der Waals surface area contributed by atoms with Crippen LogP contribution in [0.15, 0.2) is 79.5 Å². The number of nitrogens with zero attached hydrogens (tertiary/aromatic N) is 1. The summed E-state index contributed by atoms with van der Waals surface area (Å²) in [6, 6.07) is 16.9. The van der Waals surface area contributed by atoms with Crippen molar-refractivity contribution in [2.24, 2.45) is 0 Å². The molecule has 0 amide bonds. The molecule has 112 valence electrons. The van der Waals surface area contributed by atoms with Crippen molar-refractivity contribution in [2.75, 3.05) is 4.90 Å². The third-order valence-electron chi connectivity index (χ3n) is 3.44. The first kappa shape index (κ1) is 15.8. The van der Waals surface area contributed by atoms with Gasteiger partial charge in [0.15, 0.2) is 0 Å². The summed E-state index contributed by atoms with van der Waals surface area (Å²) in [6.45, 7) is 10.3. The van der Waals surface area contributed by atoms with Crippen LogP contribution in [0.3, 0.4) is 0 Å². The summed E-state index contributed by atoms with van der Waals surface area (Å²) in [5, 5.41) is 0. The van der Waals surface area contributed by atoms with Crippen molar-refractivity contribution in [3.05, 3.63) is 90.7 Å². The summed E-state index contributed by atoms with van der Waals surface area (Å²) >= 11 is 0. The van der Waals surface area contributed by atoms with Crippen molar-refractivity contribution in [3.8, 4) is 0 Å². The van der Waals surface area contributed by atoms with E-state index in [1.165, 1.54) is 11.1 Å². The molecule has 0 N–H and O–H groups in total. The van der Waals surface area contributed by atoms with Gasteiger partial charge in [0.2, 0.25) is 0 Å². The van der Waals surface area contributed by atoms with E-state index < -0.39 is 0 Å². The van der Waals surface area contributed by atoms with Crippen LogP contribution in [0.25, 0.3) is 5.57 Å². The number of allylic oxidation sites excluding steroid dienone is 4. The SMILES string of the molecule is C=C1/C=C\C=C/N(c2ccccc2)c2ccc(C)cc21.CC. The van der Waals surface area contributed by atoms with Crippen molar-refractivity contribution < 1.29 is 0 Å². The van der Waals surface area contributed by atoms with Gasteiger partial charge in [-0.15, -0.1) is 0 Å². The molecule has 0 aromatic heterocycles. The van der Waals surface area contributed by atoms with E-state index >= 15 is 0 Å². The van der Waals surface area contributed by atoms with Gasteiger partial charge in [-0.2, -0.15) is 0 Å². The second-order valence-electron chi connectivity index (χ2n) is 4.95. The van der Waals surface area contributed by atoms with E-state index in [2.05, 4.69) is 73.1 Å². The van der Waals surface area contributed by atoms with Gasteiger partial charge in [-0.05, 0) is 42.8 Å². The maximum atomic E-state index is 4.18. The van der Waals surface area contributed by atoms with Crippen LogP contribution >= 0.6 is 0 Å².